The molecule has 0 heterocycles. The number of hydrogen-bond acceptors (Lipinski definition) is 3. The Kier molecular flexibility index (Phi) is 7.42. The average molecular weight is 201 g/mol. The smallest absolute Gasteiger partial charge is 0.223 e. The van der Waals surface area contributed by atoms with Gasteiger partial charge in [0.05, 0.1) is 0 Å². The van der Waals surface area contributed by atoms with Crippen molar-refractivity contribution < 1.29 is 4.79 Å². The third-order valence-corrected chi connectivity index (χ3v) is 2.27. The molecule has 84 valence electrons. The van der Waals surface area contributed by atoms with Gasteiger partial charge in [-0.2, -0.15) is 0 Å². The maximum atomic E-state index is 11.2. The van der Waals surface area contributed by atoms with Crippen LogP contribution >= 0.6 is 0 Å². The number of hydrogen-bond donors (Lipinski definition) is 2. The number of amides is 1. The first-order valence-corrected chi connectivity index (χ1v) is 5.22. The lowest BCUT2D eigenvalue weighted by molar-refractivity contribution is -0.124. The van der Waals surface area contributed by atoms with Crippen LogP contribution in [-0.4, -0.2) is 44.5 Å². The highest BCUT2D eigenvalue weighted by atomic mass is 16.1. The van der Waals surface area contributed by atoms with Crippen LogP contribution in [0, 0.1) is 5.92 Å². The molecule has 4 nitrogen and oxygen atoms in total. The molecular weight excluding hydrogens is 178 g/mol. The topological polar surface area (TPSA) is 58.4 Å². The SMILES string of the molecule is CNC(=O)C(C)CN(C)CCCCN. The largest absolute Gasteiger partial charge is 0.359 e. The molecule has 0 aliphatic heterocycles. The van der Waals surface area contributed by atoms with Crippen molar-refractivity contribution in [2.45, 2.75) is 19.8 Å². The molecule has 1 atom stereocenters. The second-order valence-electron chi connectivity index (χ2n) is 3.77. The van der Waals surface area contributed by atoms with Crippen molar-refractivity contribution in [3.63, 3.8) is 0 Å². The van der Waals surface area contributed by atoms with E-state index in [1.807, 2.05) is 14.0 Å². The van der Waals surface area contributed by atoms with Crippen molar-refractivity contribution in [3.8, 4) is 0 Å². The Morgan fingerprint density at radius 2 is 2.14 bits per heavy atom. The monoisotopic (exact) mass is 201 g/mol. The number of unbranched alkanes of at least 4 members (excludes halogenated alkanes) is 1. The molecule has 0 fully saturated rings. The van der Waals surface area contributed by atoms with Gasteiger partial charge in [-0.05, 0) is 33.0 Å². The molecule has 1 amide bonds. The van der Waals surface area contributed by atoms with Crippen LogP contribution in [0.1, 0.15) is 19.8 Å². The molecule has 0 rings (SSSR count). The Balaban J connectivity index is 3.59. The summed E-state index contributed by atoms with van der Waals surface area (Å²) in [5.74, 6) is 0.165. The number of rotatable bonds is 7. The first-order valence-electron chi connectivity index (χ1n) is 5.22. The van der Waals surface area contributed by atoms with E-state index in [0.717, 1.165) is 32.5 Å². The highest BCUT2D eigenvalue weighted by Gasteiger charge is 2.12. The van der Waals surface area contributed by atoms with Gasteiger partial charge in [0.25, 0.3) is 0 Å². The first kappa shape index (κ1) is 13.4. The molecule has 0 aliphatic carbocycles. The minimum atomic E-state index is 0.0582. The summed E-state index contributed by atoms with van der Waals surface area (Å²) in [5, 5.41) is 2.65. The van der Waals surface area contributed by atoms with E-state index in [2.05, 4.69) is 10.2 Å². The van der Waals surface area contributed by atoms with Crippen LogP contribution in [0.25, 0.3) is 0 Å². The summed E-state index contributed by atoms with van der Waals surface area (Å²) in [7, 11) is 3.71. The van der Waals surface area contributed by atoms with Gasteiger partial charge in [-0.1, -0.05) is 6.92 Å². The molecule has 0 saturated heterocycles. The summed E-state index contributed by atoms with van der Waals surface area (Å²) in [5.41, 5.74) is 5.40. The molecule has 1 unspecified atom stereocenters. The zero-order valence-electron chi connectivity index (χ0n) is 9.55. The van der Waals surface area contributed by atoms with Gasteiger partial charge in [-0.25, -0.2) is 0 Å². The van der Waals surface area contributed by atoms with E-state index in [-0.39, 0.29) is 11.8 Å². The standard InChI is InChI=1S/C10H23N3O/c1-9(10(14)12-2)8-13(3)7-5-4-6-11/h9H,4-8,11H2,1-3H3,(H,12,14). The molecule has 0 saturated carbocycles. The zero-order valence-corrected chi connectivity index (χ0v) is 9.55. The maximum absolute atomic E-state index is 11.2. The summed E-state index contributed by atoms with van der Waals surface area (Å²) >= 11 is 0. The molecular formula is C10H23N3O. The van der Waals surface area contributed by atoms with Gasteiger partial charge in [-0.3, -0.25) is 4.79 Å². The van der Waals surface area contributed by atoms with Gasteiger partial charge in [-0.15, -0.1) is 0 Å². The Labute approximate surface area is 86.8 Å². The van der Waals surface area contributed by atoms with Crippen molar-refractivity contribution in [2.75, 3.05) is 33.7 Å². The second-order valence-corrected chi connectivity index (χ2v) is 3.77. The normalized spacial score (nSPS) is 12.9. The van der Waals surface area contributed by atoms with Crippen LogP contribution in [0.4, 0.5) is 0 Å². The molecule has 0 radical (unpaired) electrons. The summed E-state index contributed by atoms with van der Waals surface area (Å²) in [6.07, 6.45) is 2.16. The highest BCUT2D eigenvalue weighted by molar-refractivity contribution is 5.78. The van der Waals surface area contributed by atoms with Gasteiger partial charge in [0.15, 0.2) is 0 Å². The van der Waals surface area contributed by atoms with Crippen LogP contribution in [0.2, 0.25) is 0 Å². The number of nitrogens with one attached hydrogen (secondary N) is 1. The predicted molar refractivity (Wildman–Crippen MR) is 59.0 cm³/mol. The average Bonchev–Trinajstić information content (AvgIpc) is 2.16. The van der Waals surface area contributed by atoms with E-state index >= 15 is 0 Å². The van der Waals surface area contributed by atoms with Crippen LogP contribution in [-0.2, 0) is 4.79 Å². The fourth-order valence-corrected chi connectivity index (χ4v) is 1.41. The number of carbonyl (C=O) groups excluding carboxylic acids is 1. The lowest BCUT2D eigenvalue weighted by atomic mass is 10.1. The van der Waals surface area contributed by atoms with Gasteiger partial charge >= 0.3 is 0 Å². The number of nitrogens with two attached hydrogens (primary N) is 1. The Bertz CT molecular complexity index is 161. The quantitative estimate of drug-likeness (QED) is 0.572. The van der Waals surface area contributed by atoms with Crippen LogP contribution in [0.15, 0.2) is 0 Å². The number of carbonyl (C=O) groups is 1. The van der Waals surface area contributed by atoms with Crippen LogP contribution in [0.3, 0.4) is 0 Å². The lowest BCUT2D eigenvalue weighted by Crippen LogP contribution is -2.34. The molecule has 0 spiro atoms. The first-order chi connectivity index (χ1) is 6.61. The Morgan fingerprint density at radius 1 is 1.50 bits per heavy atom. The highest BCUT2D eigenvalue weighted by Crippen LogP contribution is 1.99. The van der Waals surface area contributed by atoms with E-state index in [1.54, 1.807) is 7.05 Å². The second kappa shape index (κ2) is 7.76. The Morgan fingerprint density at radius 3 is 2.64 bits per heavy atom. The van der Waals surface area contributed by atoms with Gasteiger partial charge in [0, 0.05) is 19.5 Å². The minimum Gasteiger partial charge on any atom is -0.359 e. The van der Waals surface area contributed by atoms with Gasteiger partial charge < -0.3 is 16.0 Å². The maximum Gasteiger partial charge on any atom is 0.223 e. The van der Waals surface area contributed by atoms with Crippen LogP contribution in [0.5, 0.6) is 0 Å². The van der Waals surface area contributed by atoms with Crippen molar-refractivity contribution in [1.82, 2.24) is 10.2 Å². The lowest BCUT2D eigenvalue weighted by Gasteiger charge is -2.20. The third kappa shape index (κ3) is 5.94. The van der Waals surface area contributed by atoms with Crippen LogP contribution < -0.4 is 11.1 Å². The number of nitrogens with zero attached hydrogens (tertiary/aromatic N) is 1. The summed E-state index contributed by atoms with van der Waals surface area (Å²) in [4.78, 5) is 13.4. The van der Waals surface area contributed by atoms with E-state index in [4.69, 9.17) is 5.73 Å². The predicted octanol–water partition coefficient (Wildman–Crippen LogP) is 0.0392. The van der Waals surface area contributed by atoms with Crippen molar-refractivity contribution in [3.05, 3.63) is 0 Å². The molecule has 0 aliphatic rings. The van der Waals surface area contributed by atoms with E-state index in [0.29, 0.717) is 0 Å². The molecule has 0 bridgehead atoms. The summed E-state index contributed by atoms with van der Waals surface area (Å²) in [6, 6.07) is 0. The zero-order chi connectivity index (χ0) is 11.0. The van der Waals surface area contributed by atoms with E-state index < -0.39 is 0 Å². The van der Waals surface area contributed by atoms with E-state index in [9.17, 15) is 4.79 Å². The third-order valence-electron chi connectivity index (χ3n) is 2.27. The van der Waals surface area contributed by atoms with Crippen molar-refractivity contribution in [1.29, 1.82) is 0 Å². The molecule has 0 aromatic heterocycles. The van der Waals surface area contributed by atoms with E-state index in [1.165, 1.54) is 0 Å². The molecule has 4 heteroatoms. The molecule has 0 aromatic carbocycles. The Hall–Kier alpha value is -0.610. The van der Waals surface area contributed by atoms with Gasteiger partial charge in [0.1, 0.15) is 0 Å². The molecule has 0 aromatic rings. The summed E-state index contributed by atoms with van der Waals surface area (Å²) in [6.45, 7) is 4.51. The van der Waals surface area contributed by atoms with Crippen molar-refractivity contribution in [2.24, 2.45) is 11.7 Å². The minimum absolute atomic E-state index is 0.0582. The molecule has 14 heavy (non-hydrogen) atoms. The van der Waals surface area contributed by atoms with Crippen molar-refractivity contribution >= 4 is 5.91 Å². The fourth-order valence-electron chi connectivity index (χ4n) is 1.41. The molecule has 3 N–H and O–H groups in total. The van der Waals surface area contributed by atoms with Gasteiger partial charge in [0.2, 0.25) is 5.91 Å². The summed E-state index contributed by atoms with van der Waals surface area (Å²) < 4.78 is 0. The fraction of sp³-hybridized carbons (Fsp3) is 0.900.